The Kier molecular flexibility index (Phi) is 6.18. The van der Waals surface area contributed by atoms with Crippen molar-refractivity contribution in [3.63, 3.8) is 0 Å². The van der Waals surface area contributed by atoms with Crippen LogP contribution in [0.2, 0.25) is 5.02 Å². The molecule has 1 aliphatic heterocycles. The van der Waals surface area contributed by atoms with Crippen molar-refractivity contribution in [3.05, 3.63) is 91.6 Å². The van der Waals surface area contributed by atoms with Gasteiger partial charge in [-0.25, -0.2) is 4.68 Å². The molecule has 4 heterocycles. The summed E-state index contributed by atoms with van der Waals surface area (Å²) in [7, 11) is 3.28. The normalized spacial score (nSPS) is 15.1. The van der Waals surface area contributed by atoms with Gasteiger partial charge in [-0.2, -0.15) is 5.10 Å². The number of amides is 1. The van der Waals surface area contributed by atoms with Gasteiger partial charge in [0.2, 0.25) is 0 Å². The number of methoxy groups -OCH3 is 2. The van der Waals surface area contributed by atoms with Crippen LogP contribution in [0.25, 0.3) is 15.9 Å². The number of aromatic nitrogens is 2. The highest BCUT2D eigenvalue weighted by atomic mass is 35.5. The quantitative estimate of drug-likeness (QED) is 0.239. The molecule has 188 valence electrons. The van der Waals surface area contributed by atoms with Crippen LogP contribution in [0.3, 0.4) is 0 Å². The highest BCUT2D eigenvalue weighted by Crippen LogP contribution is 2.43. The van der Waals surface area contributed by atoms with E-state index in [4.69, 9.17) is 26.2 Å². The predicted octanol–water partition coefficient (Wildman–Crippen LogP) is 6.92. The van der Waals surface area contributed by atoms with Gasteiger partial charge in [-0.1, -0.05) is 29.8 Å². The maximum absolute atomic E-state index is 14.1. The number of nitrogens with zero attached hydrogens (tertiary/aromatic N) is 3. The number of ether oxygens (including phenoxy) is 2. The lowest BCUT2D eigenvalue weighted by molar-refractivity contribution is 0.0702. The van der Waals surface area contributed by atoms with Crippen LogP contribution < -0.4 is 9.47 Å². The molecule has 0 saturated carbocycles. The Bertz CT molecular complexity index is 1620. The third kappa shape index (κ3) is 4.00. The summed E-state index contributed by atoms with van der Waals surface area (Å²) in [5.41, 5.74) is 3.90. The Labute approximate surface area is 227 Å². The second kappa shape index (κ2) is 9.52. The molecule has 0 aliphatic carbocycles. The zero-order valence-electron chi connectivity index (χ0n) is 20.5. The molecule has 1 aliphatic rings. The highest BCUT2D eigenvalue weighted by Gasteiger charge is 2.35. The molecule has 0 saturated heterocycles. The van der Waals surface area contributed by atoms with E-state index in [1.165, 1.54) is 16.9 Å². The molecular weight excluding hydrogens is 526 g/mol. The van der Waals surface area contributed by atoms with Crippen LogP contribution in [0.5, 0.6) is 11.5 Å². The number of carbonyl (C=O) groups is 1. The van der Waals surface area contributed by atoms with Gasteiger partial charge in [-0.3, -0.25) is 4.79 Å². The predicted molar refractivity (Wildman–Crippen MR) is 149 cm³/mol. The van der Waals surface area contributed by atoms with Crippen molar-refractivity contribution in [3.8, 4) is 17.2 Å². The van der Waals surface area contributed by atoms with Crippen molar-refractivity contribution in [2.45, 2.75) is 19.4 Å². The Morgan fingerprint density at radius 1 is 1.08 bits per heavy atom. The van der Waals surface area contributed by atoms with E-state index in [1.807, 2.05) is 70.4 Å². The van der Waals surface area contributed by atoms with Crippen LogP contribution in [0, 0.1) is 6.92 Å². The number of thiophene rings is 2. The third-order valence-electron chi connectivity index (χ3n) is 6.78. The first-order chi connectivity index (χ1) is 18.0. The molecule has 0 N–H and O–H groups in total. The Morgan fingerprint density at radius 2 is 1.86 bits per heavy atom. The van der Waals surface area contributed by atoms with Crippen LogP contribution in [0.1, 0.15) is 37.4 Å². The molecule has 0 radical (unpaired) electrons. The third-order valence-corrected chi connectivity index (χ3v) is 9.13. The van der Waals surface area contributed by atoms with Crippen LogP contribution >= 0.6 is 34.3 Å². The average molecular weight is 550 g/mol. The summed E-state index contributed by atoms with van der Waals surface area (Å²) < 4.78 is 13.0. The molecule has 2 aromatic carbocycles. The number of fused-ring (bicyclic) bond motifs is 2. The second-order valence-corrected chi connectivity index (χ2v) is 11.3. The van der Waals surface area contributed by atoms with E-state index >= 15 is 0 Å². The van der Waals surface area contributed by atoms with Gasteiger partial charge in [-0.05, 0) is 66.2 Å². The minimum atomic E-state index is -0.206. The second-order valence-electron chi connectivity index (χ2n) is 8.85. The fourth-order valence-corrected chi connectivity index (χ4v) is 7.20. The molecule has 5 aromatic rings. The molecule has 0 unspecified atom stereocenters. The molecule has 0 fully saturated rings. The van der Waals surface area contributed by atoms with E-state index < -0.39 is 0 Å². The number of carbonyl (C=O) groups excluding carboxylic acids is 1. The lowest BCUT2D eigenvalue weighted by atomic mass is 9.90. The van der Waals surface area contributed by atoms with Gasteiger partial charge in [0.1, 0.15) is 4.83 Å². The van der Waals surface area contributed by atoms with E-state index in [2.05, 4.69) is 6.07 Å². The molecule has 1 amide bonds. The lowest BCUT2D eigenvalue weighted by Crippen LogP contribution is -2.40. The number of hydrogen-bond acceptors (Lipinski definition) is 6. The summed E-state index contributed by atoms with van der Waals surface area (Å²) in [5, 5.41) is 8.33. The monoisotopic (exact) mass is 549 g/mol. The first-order valence-corrected chi connectivity index (χ1v) is 13.9. The van der Waals surface area contributed by atoms with Crippen LogP contribution in [-0.2, 0) is 6.42 Å². The van der Waals surface area contributed by atoms with E-state index in [0.717, 1.165) is 38.5 Å². The average Bonchev–Trinajstić information content (AvgIpc) is 3.66. The van der Waals surface area contributed by atoms with Crippen LogP contribution in [0.15, 0.2) is 60.0 Å². The molecule has 3 aromatic heterocycles. The standard InChI is InChI=1S/C28H24ClN3O3S2/c1-16-18-15-25(37-28(18)32(30-16)21-8-5-4-7-20(21)29)27(33)31-11-10-17-13-22(34-2)23(35-3)14-19(17)26(31)24-9-6-12-36-24/h4-9,12-15,26H,10-11H2,1-3H3/t26-/m1/s1. The molecule has 9 heteroatoms. The SMILES string of the molecule is COc1cc2c(cc1OC)[C@H](c1cccs1)N(C(=O)c1cc3c(C)nn(-c4ccccc4Cl)c3s1)CC2. The lowest BCUT2D eigenvalue weighted by Gasteiger charge is -2.37. The van der Waals surface area contributed by atoms with Crippen molar-refractivity contribution in [1.82, 2.24) is 14.7 Å². The van der Waals surface area contributed by atoms with E-state index in [-0.39, 0.29) is 11.9 Å². The Hall–Kier alpha value is -3.33. The molecule has 37 heavy (non-hydrogen) atoms. The maximum Gasteiger partial charge on any atom is 0.264 e. The molecular formula is C28H24ClN3O3S2. The Balaban J connectivity index is 1.44. The smallest absolute Gasteiger partial charge is 0.264 e. The van der Waals surface area contributed by atoms with Gasteiger partial charge in [0.05, 0.1) is 41.5 Å². The highest BCUT2D eigenvalue weighted by molar-refractivity contribution is 7.20. The van der Waals surface area contributed by atoms with Gasteiger partial charge < -0.3 is 14.4 Å². The van der Waals surface area contributed by atoms with Crippen LogP contribution in [-0.4, -0.2) is 41.4 Å². The van der Waals surface area contributed by atoms with E-state index in [1.54, 1.807) is 25.6 Å². The fraction of sp³-hybridized carbons (Fsp3) is 0.214. The van der Waals surface area contributed by atoms with Gasteiger partial charge in [0.15, 0.2) is 11.5 Å². The van der Waals surface area contributed by atoms with Crippen molar-refractivity contribution >= 4 is 50.4 Å². The van der Waals surface area contributed by atoms with E-state index in [0.29, 0.717) is 27.9 Å². The summed E-state index contributed by atoms with van der Waals surface area (Å²) in [6.07, 6.45) is 0.737. The van der Waals surface area contributed by atoms with E-state index in [9.17, 15) is 4.79 Å². The molecule has 0 bridgehead atoms. The zero-order chi connectivity index (χ0) is 25.7. The molecule has 1 atom stereocenters. The summed E-state index contributed by atoms with van der Waals surface area (Å²) in [5.74, 6) is 1.37. The number of para-hydroxylation sites is 1. The van der Waals surface area contributed by atoms with Crippen molar-refractivity contribution in [1.29, 1.82) is 0 Å². The summed E-state index contributed by atoms with van der Waals surface area (Å²) in [4.78, 5) is 18.8. The van der Waals surface area contributed by atoms with Gasteiger partial charge in [0.25, 0.3) is 5.91 Å². The minimum absolute atomic E-state index is 0.00476. The summed E-state index contributed by atoms with van der Waals surface area (Å²) in [6, 6.07) is 17.5. The van der Waals surface area contributed by atoms with Crippen LogP contribution in [0.4, 0.5) is 0 Å². The van der Waals surface area contributed by atoms with Gasteiger partial charge in [0, 0.05) is 16.8 Å². The summed E-state index contributed by atoms with van der Waals surface area (Å²) >= 11 is 9.59. The van der Waals surface area contributed by atoms with Crippen molar-refractivity contribution < 1.29 is 14.3 Å². The molecule has 0 spiro atoms. The van der Waals surface area contributed by atoms with Gasteiger partial charge in [-0.15, -0.1) is 22.7 Å². The Morgan fingerprint density at radius 3 is 2.59 bits per heavy atom. The molecule has 6 rings (SSSR count). The topological polar surface area (TPSA) is 56.6 Å². The number of aryl methyl sites for hydroxylation is 1. The fourth-order valence-electron chi connectivity index (χ4n) is 5.00. The number of rotatable bonds is 5. The maximum atomic E-state index is 14.1. The van der Waals surface area contributed by atoms with Crippen molar-refractivity contribution in [2.75, 3.05) is 20.8 Å². The molecule has 6 nitrogen and oxygen atoms in total. The number of benzene rings is 2. The van der Waals surface area contributed by atoms with Gasteiger partial charge >= 0.3 is 0 Å². The number of halogens is 1. The minimum Gasteiger partial charge on any atom is -0.493 e. The first-order valence-electron chi connectivity index (χ1n) is 11.8. The first kappa shape index (κ1) is 24.0. The summed E-state index contributed by atoms with van der Waals surface area (Å²) in [6.45, 7) is 2.57. The van der Waals surface area contributed by atoms with Crippen molar-refractivity contribution in [2.24, 2.45) is 0 Å². The zero-order valence-corrected chi connectivity index (χ0v) is 22.9. The largest absolute Gasteiger partial charge is 0.493 e. The number of hydrogen-bond donors (Lipinski definition) is 0.